The molecule has 1 aliphatic heterocycles. The zero-order valence-corrected chi connectivity index (χ0v) is 15.1. The number of amides is 2. The Bertz CT molecular complexity index is 755. The molecule has 6 heteroatoms. The molecule has 1 aromatic heterocycles. The molecule has 1 aliphatic rings. The van der Waals surface area contributed by atoms with Gasteiger partial charge in [0.15, 0.2) is 0 Å². The van der Waals surface area contributed by atoms with Crippen molar-refractivity contribution in [2.45, 2.75) is 45.4 Å². The van der Waals surface area contributed by atoms with Crippen LogP contribution in [0.15, 0.2) is 47.1 Å². The Morgan fingerprint density at radius 2 is 1.96 bits per heavy atom. The SMILES string of the molecule is CC(C)C(NC(=O)C1Cc2ccccc2CN1)C(=O)NCc1ccco1. The van der Waals surface area contributed by atoms with Crippen molar-refractivity contribution in [3.63, 3.8) is 0 Å². The summed E-state index contributed by atoms with van der Waals surface area (Å²) in [7, 11) is 0. The number of carbonyl (C=O) groups is 2. The Balaban J connectivity index is 1.59. The summed E-state index contributed by atoms with van der Waals surface area (Å²) >= 11 is 0. The molecule has 0 bridgehead atoms. The maximum atomic E-state index is 12.7. The topological polar surface area (TPSA) is 83.4 Å². The van der Waals surface area contributed by atoms with Gasteiger partial charge in [0.25, 0.3) is 0 Å². The van der Waals surface area contributed by atoms with Crippen molar-refractivity contribution < 1.29 is 14.0 Å². The highest BCUT2D eigenvalue weighted by atomic mass is 16.3. The minimum Gasteiger partial charge on any atom is -0.467 e. The first-order valence-electron chi connectivity index (χ1n) is 8.95. The highest BCUT2D eigenvalue weighted by Gasteiger charge is 2.29. The summed E-state index contributed by atoms with van der Waals surface area (Å²) in [6, 6.07) is 10.8. The number of carbonyl (C=O) groups excluding carboxylic acids is 2. The third-order valence-electron chi connectivity index (χ3n) is 4.66. The molecule has 2 heterocycles. The third kappa shape index (κ3) is 4.32. The molecule has 2 atom stereocenters. The predicted octanol–water partition coefficient (Wildman–Crippen LogP) is 1.75. The first-order chi connectivity index (χ1) is 12.5. The van der Waals surface area contributed by atoms with E-state index in [-0.39, 0.29) is 23.8 Å². The highest BCUT2D eigenvalue weighted by molar-refractivity contribution is 5.90. The minimum atomic E-state index is -0.587. The molecule has 3 N–H and O–H groups in total. The lowest BCUT2D eigenvalue weighted by Crippen LogP contribution is -2.55. The van der Waals surface area contributed by atoms with E-state index in [2.05, 4.69) is 22.0 Å². The second-order valence-electron chi connectivity index (χ2n) is 6.93. The van der Waals surface area contributed by atoms with Crippen LogP contribution in [0.3, 0.4) is 0 Å². The molecule has 138 valence electrons. The Hall–Kier alpha value is -2.60. The maximum absolute atomic E-state index is 12.7. The number of benzene rings is 1. The summed E-state index contributed by atoms with van der Waals surface area (Å²) in [6.45, 7) is 4.80. The molecule has 0 radical (unpaired) electrons. The fourth-order valence-electron chi connectivity index (χ4n) is 3.13. The average Bonchev–Trinajstić information content (AvgIpc) is 3.17. The average molecular weight is 355 g/mol. The van der Waals surface area contributed by atoms with E-state index in [1.54, 1.807) is 18.4 Å². The van der Waals surface area contributed by atoms with E-state index in [0.29, 0.717) is 25.3 Å². The summed E-state index contributed by atoms with van der Waals surface area (Å²) in [5.41, 5.74) is 2.39. The molecule has 0 saturated carbocycles. The largest absolute Gasteiger partial charge is 0.467 e. The normalized spacial score (nSPS) is 17.4. The number of hydrogen-bond donors (Lipinski definition) is 3. The van der Waals surface area contributed by atoms with Gasteiger partial charge in [-0.3, -0.25) is 9.59 Å². The molecule has 0 fully saturated rings. The Kier molecular flexibility index (Phi) is 5.73. The van der Waals surface area contributed by atoms with Crippen LogP contribution in [-0.4, -0.2) is 23.9 Å². The van der Waals surface area contributed by atoms with E-state index >= 15 is 0 Å². The minimum absolute atomic E-state index is 0.0218. The smallest absolute Gasteiger partial charge is 0.243 e. The number of nitrogens with one attached hydrogen (secondary N) is 3. The van der Waals surface area contributed by atoms with Crippen molar-refractivity contribution in [1.29, 1.82) is 0 Å². The maximum Gasteiger partial charge on any atom is 0.243 e. The van der Waals surface area contributed by atoms with Crippen LogP contribution in [0.2, 0.25) is 0 Å². The van der Waals surface area contributed by atoms with E-state index in [1.807, 2.05) is 32.0 Å². The zero-order chi connectivity index (χ0) is 18.5. The van der Waals surface area contributed by atoms with Gasteiger partial charge in [-0.05, 0) is 35.6 Å². The molecule has 2 amide bonds. The van der Waals surface area contributed by atoms with Gasteiger partial charge in [-0.2, -0.15) is 0 Å². The van der Waals surface area contributed by atoms with Crippen molar-refractivity contribution in [2.75, 3.05) is 0 Å². The fourth-order valence-corrected chi connectivity index (χ4v) is 3.13. The van der Waals surface area contributed by atoms with Crippen LogP contribution in [0.5, 0.6) is 0 Å². The number of hydrogen-bond acceptors (Lipinski definition) is 4. The lowest BCUT2D eigenvalue weighted by molar-refractivity contribution is -0.131. The van der Waals surface area contributed by atoms with Crippen LogP contribution in [0.1, 0.15) is 30.7 Å². The molecule has 0 saturated heterocycles. The first kappa shape index (κ1) is 18.2. The van der Waals surface area contributed by atoms with Gasteiger partial charge in [0.1, 0.15) is 11.8 Å². The molecular formula is C20H25N3O3. The van der Waals surface area contributed by atoms with Crippen molar-refractivity contribution in [1.82, 2.24) is 16.0 Å². The molecule has 1 aromatic carbocycles. The van der Waals surface area contributed by atoms with E-state index in [4.69, 9.17) is 4.42 Å². The highest BCUT2D eigenvalue weighted by Crippen LogP contribution is 2.16. The Morgan fingerprint density at radius 1 is 1.19 bits per heavy atom. The lowest BCUT2D eigenvalue weighted by atomic mass is 9.95. The quantitative estimate of drug-likeness (QED) is 0.737. The van der Waals surface area contributed by atoms with E-state index in [9.17, 15) is 9.59 Å². The van der Waals surface area contributed by atoms with Crippen LogP contribution in [0.4, 0.5) is 0 Å². The Labute approximate surface area is 153 Å². The summed E-state index contributed by atoms with van der Waals surface area (Å²) in [5, 5.41) is 8.98. The van der Waals surface area contributed by atoms with Gasteiger partial charge in [-0.15, -0.1) is 0 Å². The van der Waals surface area contributed by atoms with E-state index in [1.165, 1.54) is 11.1 Å². The Morgan fingerprint density at radius 3 is 2.65 bits per heavy atom. The van der Waals surface area contributed by atoms with Crippen molar-refractivity contribution >= 4 is 11.8 Å². The standard InChI is InChI=1S/C20H25N3O3/c1-13(2)18(20(25)22-12-16-8-5-9-26-16)23-19(24)17-10-14-6-3-4-7-15(14)11-21-17/h3-9,13,17-18,21H,10-12H2,1-2H3,(H,22,25)(H,23,24). The zero-order valence-electron chi connectivity index (χ0n) is 15.1. The van der Waals surface area contributed by atoms with E-state index in [0.717, 1.165) is 0 Å². The van der Waals surface area contributed by atoms with Gasteiger partial charge >= 0.3 is 0 Å². The number of furan rings is 1. The molecule has 26 heavy (non-hydrogen) atoms. The van der Waals surface area contributed by atoms with Crippen molar-refractivity contribution in [3.8, 4) is 0 Å². The van der Waals surface area contributed by atoms with Gasteiger partial charge < -0.3 is 20.4 Å². The first-order valence-corrected chi connectivity index (χ1v) is 8.95. The second kappa shape index (κ2) is 8.19. The molecule has 2 unspecified atom stereocenters. The third-order valence-corrected chi connectivity index (χ3v) is 4.66. The summed E-state index contributed by atoms with van der Waals surface area (Å²) in [4.78, 5) is 25.2. The van der Waals surface area contributed by atoms with Crippen LogP contribution in [-0.2, 0) is 29.1 Å². The summed E-state index contributed by atoms with van der Waals surface area (Å²) in [6.07, 6.45) is 2.19. The fraction of sp³-hybridized carbons (Fsp3) is 0.400. The molecular weight excluding hydrogens is 330 g/mol. The monoisotopic (exact) mass is 355 g/mol. The van der Waals surface area contributed by atoms with Gasteiger partial charge in [0.2, 0.25) is 11.8 Å². The number of fused-ring (bicyclic) bond motifs is 1. The molecule has 2 aromatic rings. The predicted molar refractivity (Wildman–Crippen MR) is 98.1 cm³/mol. The van der Waals surface area contributed by atoms with Gasteiger partial charge in [0, 0.05) is 6.54 Å². The molecule has 0 aliphatic carbocycles. The van der Waals surface area contributed by atoms with Crippen molar-refractivity contribution in [3.05, 3.63) is 59.5 Å². The van der Waals surface area contributed by atoms with Crippen LogP contribution >= 0.6 is 0 Å². The van der Waals surface area contributed by atoms with Crippen LogP contribution < -0.4 is 16.0 Å². The molecule has 6 nitrogen and oxygen atoms in total. The van der Waals surface area contributed by atoms with Gasteiger partial charge in [-0.25, -0.2) is 0 Å². The lowest BCUT2D eigenvalue weighted by Gasteiger charge is -2.28. The van der Waals surface area contributed by atoms with Crippen molar-refractivity contribution in [2.24, 2.45) is 5.92 Å². The molecule has 0 spiro atoms. The summed E-state index contributed by atoms with van der Waals surface area (Å²) < 4.78 is 5.22. The summed E-state index contributed by atoms with van der Waals surface area (Å²) in [5.74, 6) is 0.302. The number of rotatable bonds is 6. The van der Waals surface area contributed by atoms with E-state index < -0.39 is 6.04 Å². The van der Waals surface area contributed by atoms with Crippen LogP contribution in [0, 0.1) is 5.92 Å². The van der Waals surface area contributed by atoms with Gasteiger partial charge in [0.05, 0.1) is 18.8 Å². The van der Waals surface area contributed by atoms with Gasteiger partial charge in [-0.1, -0.05) is 38.1 Å². The molecule has 3 rings (SSSR count). The van der Waals surface area contributed by atoms with Crippen LogP contribution in [0.25, 0.3) is 0 Å². The second-order valence-corrected chi connectivity index (χ2v) is 6.93.